The van der Waals surface area contributed by atoms with Gasteiger partial charge in [0.15, 0.2) is 0 Å². The van der Waals surface area contributed by atoms with Gasteiger partial charge in [-0.05, 0) is 61.3 Å². The smallest absolute Gasteiger partial charge is 0.306 e. The molecule has 0 bridgehead atoms. The van der Waals surface area contributed by atoms with Crippen LogP contribution in [0, 0.1) is 24.7 Å². The van der Waals surface area contributed by atoms with Crippen molar-refractivity contribution in [3.8, 4) is 5.75 Å². The number of rotatable bonds is 7. The number of carbonyl (C=O) groups is 1. The second-order valence-electron chi connectivity index (χ2n) is 5.96. The van der Waals surface area contributed by atoms with Crippen LogP contribution in [0.25, 0.3) is 0 Å². The van der Waals surface area contributed by atoms with Crippen molar-refractivity contribution in [2.24, 2.45) is 17.8 Å². The number of benzene rings is 1. The Kier molecular flexibility index (Phi) is 4.69. The van der Waals surface area contributed by atoms with Crippen molar-refractivity contribution in [2.75, 3.05) is 6.61 Å². The third-order valence-electron chi connectivity index (χ3n) is 4.22. The van der Waals surface area contributed by atoms with Gasteiger partial charge in [0.05, 0.1) is 12.5 Å². The standard InChI is InChI=1S/C17H24O3/c1-4-7-20-14-6-5-13(11(2)9-14)8-12(3)15-10-16(15)17(18)19/h5-6,9,12,15-16H,4,7-8,10H2,1-3H3,(H,18,19). The molecule has 1 fully saturated rings. The van der Waals surface area contributed by atoms with Crippen molar-refractivity contribution >= 4 is 5.97 Å². The number of aliphatic carboxylic acids is 1. The zero-order chi connectivity index (χ0) is 14.7. The molecule has 0 heterocycles. The normalized spacial score (nSPS) is 22.4. The first kappa shape index (κ1) is 14.9. The second-order valence-corrected chi connectivity index (χ2v) is 5.96. The van der Waals surface area contributed by atoms with Crippen LogP contribution in [0.4, 0.5) is 0 Å². The first-order valence-electron chi connectivity index (χ1n) is 7.48. The number of aryl methyl sites for hydroxylation is 1. The van der Waals surface area contributed by atoms with Gasteiger partial charge in [-0.3, -0.25) is 4.79 Å². The van der Waals surface area contributed by atoms with E-state index < -0.39 is 5.97 Å². The Balaban J connectivity index is 1.94. The van der Waals surface area contributed by atoms with Crippen molar-refractivity contribution in [1.82, 2.24) is 0 Å². The Morgan fingerprint density at radius 2 is 2.25 bits per heavy atom. The van der Waals surface area contributed by atoms with Crippen LogP contribution in [0.15, 0.2) is 18.2 Å². The lowest BCUT2D eigenvalue weighted by atomic mass is 9.93. The zero-order valence-electron chi connectivity index (χ0n) is 12.6. The summed E-state index contributed by atoms with van der Waals surface area (Å²) >= 11 is 0. The fourth-order valence-electron chi connectivity index (χ4n) is 2.83. The van der Waals surface area contributed by atoms with E-state index in [4.69, 9.17) is 9.84 Å². The predicted octanol–water partition coefficient (Wildman–Crippen LogP) is 3.68. The Labute approximate surface area is 121 Å². The van der Waals surface area contributed by atoms with Gasteiger partial charge in [-0.15, -0.1) is 0 Å². The minimum atomic E-state index is -0.637. The fraction of sp³-hybridized carbons (Fsp3) is 0.588. The topological polar surface area (TPSA) is 46.5 Å². The minimum absolute atomic E-state index is 0.113. The molecule has 0 aromatic heterocycles. The summed E-state index contributed by atoms with van der Waals surface area (Å²) in [6.07, 6.45) is 2.80. The molecule has 1 aliphatic rings. The minimum Gasteiger partial charge on any atom is -0.494 e. The lowest BCUT2D eigenvalue weighted by Gasteiger charge is -2.14. The van der Waals surface area contributed by atoms with Gasteiger partial charge in [-0.2, -0.15) is 0 Å². The summed E-state index contributed by atoms with van der Waals surface area (Å²) in [5, 5.41) is 9.00. The van der Waals surface area contributed by atoms with E-state index in [0.717, 1.165) is 31.6 Å². The van der Waals surface area contributed by atoms with Crippen LogP contribution >= 0.6 is 0 Å². The Hall–Kier alpha value is -1.51. The van der Waals surface area contributed by atoms with E-state index in [2.05, 4.69) is 32.9 Å². The molecule has 20 heavy (non-hydrogen) atoms. The average molecular weight is 276 g/mol. The molecule has 1 aliphatic carbocycles. The molecule has 3 atom stereocenters. The van der Waals surface area contributed by atoms with E-state index in [0.29, 0.717) is 11.8 Å². The summed E-state index contributed by atoms with van der Waals surface area (Å²) in [6.45, 7) is 7.10. The molecule has 3 nitrogen and oxygen atoms in total. The van der Waals surface area contributed by atoms with Crippen molar-refractivity contribution in [1.29, 1.82) is 0 Å². The van der Waals surface area contributed by atoms with Crippen LogP contribution in [-0.4, -0.2) is 17.7 Å². The molecule has 0 amide bonds. The highest BCUT2D eigenvalue weighted by Crippen LogP contribution is 2.45. The maximum absolute atomic E-state index is 10.9. The number of ether oxygens (including phenoxy) is 1. The van der Waals surface area contributed by atoms with Crippen LogP contribution in [-0.2, 0) is 11.2 Å². The summed E-state index contributed by atoms with van der Waals surface area (Å²) < 4.78 is 5.63. The third kappa shape index (κ3) is 3.53. The van der Waals surface area contributed by atoms with Gasteiger partial charge in [0, 0.05) is 0 Å². The summed E-state index contributed by atoms with van der Waals surface area (Å²) in [7, 11) is 0. The highest BCUT2D eigenvalue weighted by atomic mass is 16.5. The molecule has 0 spiro atoms. The molecule has 0 radical (unpaired) electrons. The number of hydrogen-bond donors (Lipinski definition) is 1. The number of hydrogen-bond acceptors (Lipinski definition) is 2. The summed E-state index contributed by atoms with van der Waals surface area (Å²) in [4.78, 5) is 10.9. The van der Waals surface area contributed by atoms with Crippen molar-refractivity contribution in [2.45, 2.75) is 40.0 Å². The van der Waals surface area contributed by atoms with Gasteiger partial charge in [-0.1, -0.05) is 19.9 Å². The molecular formula is C17H24O3. The second kappa shape index (κ2) is 6.29. The third-order valence-corrected chi connectivity index (χ3v) is 4.22. The zero-order valence-corrected chi connectivity index (χ0v) is 12.6. The highest BCUT2D eigenvalue weighted by Gasteiger charge is 2.46. The fourth-order valence-corrected chi connectivity index (χ4v) is 2.83. The van der Waals surface area contributed by atoms with Gasteiger partial charge in [0.1, 0.15) is 5.75 Å². The maximum atomic E-state index is 10.9. The van der Waals surface area contributed by atoms with Gasteiger partial charge in [-0.25, -0.2) is 0 Å². The molecule has 1 aromatic rings. The maximum Gasteiger partial charge on any atom is 0.306 e. The van der Waals surface area contributed by atoms with Crippen LogP contribution in [0.3, 0.4) is 0 Å². The number of carboxylic acid groups (broad SMARTS) is 1. The van der Waals surface area contributed by atoms with Crippen LogP contribution < -0.4 is 4.74 Å². The molecular weight excluding hydrogens is 252 g/mol. The quantitative estimate of drug-likeness (QED) is 0.826. The van der Waals surface area contributed by atoms with Crippen LogP contribution in [0.2, 0.25) is 0 Å². The van der Waals surface area contributed by atoms with Gasteiger partial charge in [0.2, 0.25) is 0 Å². The predicted molar refractivity (Wildman–Crippen MR) is 79.1 cm³/mol. The molecule has 1 N–H and O–H groups in total. The molecule has 3 unspecified atom stereocenters. The monoisotopic (exact) mass is 276 g/mol. The lowest BCUT2D eigenvalue weighted by Crippen LogP contribution is -2.09. The first-order chi connectivity index (χ1) is 9.52. The highest BCUT2D eigenvalue weighted by molar-refractivity contribution is 5.73. The molecule has 2 rings (SSSR count). The molecule has 110 valence electrons. The Bertz CT molecular complexity index is 481. The molecule has 1 saturated carbocycles. The lowest BCUT2D eigenvalue weighted by molar-refractivity contribution is -0.139. The molecule has 1 aromatic carbocycles. The van der Waals surface area contributed by atoms with E-state index in [-0.39, 0.29) is 5.92 Å². The van der Waals surface area contributed by atoms with E-state index in [1.165, 1.54) is 11.1 Å². The Morgan fingerprint density at radius 1 is 1.50 bits per heavy atom. The largest absolute Gasteiger partial charge is 0.494 e. The van der Waals surface area contributed by atoms with E-state index in [9.17, 15) is 4.79 Å². The van der Waals surface area contributed by atoms with Crippen LogP contribution in [0.5, 0.6) is 5.75 Å². The molecule has 0 saturated heterocycles. The molecule has 0 aliphatic heterocycles. The Morgan fingerprint density at radius 3 is 2.80 bits per heavy atom. The average Bonchev–Trinajstić information content (AvgIpc) is 3.19. The summed E-state index contributed by atoms with van der Waals surface area (Å²) in [6, 6.07) is 6.22. The van der Waals surface area contributed by atoms with E-state index >= 15 is 0 Å². The van der Waals surface area contributed by atoms with Gasteiger partial charge in [0.25, 0.3) is 0 Å². The van der Waals surface area contributed by atoms with E-state index in [1.54, 1.807) is 0 Å². The van der Waals surface area contributed by atoms with Crippen molar-refractivity contribution in [3.63, 3.8) is 0 Å². The molecule has 3 heteroatoms. The SMILES string of the molecule is CCCOc1ccc(CC(C)C2CC2C(=O)O)c(C)c1. The summed E-state index contributed by atoms with van der Waals surface area (Å²) in [5.41, 5.74) is 2.54. The first-order valence-corrected chi connectivity index (χ1v) is 7.48. The van der Waals surface area contributed by atoms with Gasteiger partial charge < -0.3 is 9.84 Å². The van der Waals surface area contributed by atoms with Crippen molar-refractivity contribution in [3.05, 3.63) is 29.3 Å². The summed E-state index contributed by atoms with van der Waals surface area (Å²) in [5.74, 6) is 0.954. The van der Waals surface area contributed by atoms with Crippen LogP contribution in [0.1, 0.15) is 37.8 Å². The number of carboxylic acids is 1. The van der Waals surface area contributed by atoms with Gasteiger partial charge >= 0.3 is 5.97 Å². The van der Waals surface area contributed by atoms with Crippen molar-refractivity contribution < 1.29 is 14.6 Å². The van der Waals surface area contributed by atoms with E-state index in [1.807, 2.05) is 6.07 Å².